The van der Waals surface area contributed by atoms with Crippen molar-refractivity contribution in [3.05, 3.63) is 89.0 Å². The van der Waals surface area contributed by atoms with Gasteiger partial charge < -0.3 is 19.4 Å². The van der Waals surface area contributed by atoms with Crippen molar-refractivity contribution in [3.8, 4) is 0 Å². The maximum Gasteiger partial charge on any atom is 0.340 e. The molecule has 0 amide bonds. The van der Waals surface area contributed by atoms with Crippen LogP contribution in [0.25, 0.3) is 0 Å². The van der Waals surface area contributed by atoms with E-state index in [1.54, 1.807) is 0 Å². The number of esters is 1. The summed E-state index contributed by atoms with van der Waals surface area (Å²) in [7, 11) is 3.96. The van der Waals surface area contributed by atoms with Crippen molar-refractivity contribution in [3.63, 3.8) is 0 Å². The molecule has 3 aromatic rings. The molecule has 0 saturated heterocycles. The number of nitrogens with zero attached hydrogens (tertiary/aromatic N) is 3. The fraction of sp³-hybridized carbons (Fsp3) is 0.367. The lowest BCUT2D eigenvalue weighted by molar-refractivity contribution is 0.0251. The van der Waals surface area contributed by atoms with Crippen molar-refractivity contribution in [2.45, 2.75) is 33.3 Å². The van der Waals surface area contributed by atoms with Crippen molar-refractivity contribution in [2.75, 3.05) is 55.0 Å². The van der Waals surface area contributed by atoms with E-state index >= 15 is 0 Å². The first-order valence-electron chi connectivity index (χ1n) is 12.7. The highest BCUT2D eigenvalue weighted by Gasteiger charge is 2.48. The molecule has 0 fully saturated rings. The minimum Gasteiger partial charge on any atom is -0.441 e. The molecule has 0 saturated carbocycles. The van der Waals surface area contributed by atoms with E-state index in [1.807, 2.05) is 31.1 Å². The summed E-state index contributed by atoms with van der Waals surface area (Å²) >= 11 is 0. The molecule has 0 spiro atoms. The molecule has 0 bridgehead atoms. The van der Waals surface area contributed by atoms with Crippen LogP contribution in [0.1, 0.15) is 54.7 Å². The fourth-order valence-electron chi connectivity index (χ4n) is 5.12. The van der Waals surface area contributed by atoms with Crippen LogP contribution in [0, 0.1) is 0 Å². The first-order chi connectivity index (χ1) is 16.9. The maximum absolute atomic E-state index is 13.3. The zero-order valence-electron chi connectivity index (χ0n) is 21.8. The van der Waals surface area contributed by atoms with Crippen LogP contribution in [-0.2, 0) is 10.3 Å². The third-order valence-electron chi connectivity index (χ3n) is 7.17. The molecule has 0 atom stereocenters. The van der Waals surface area contributed by atoms with Gasteiger partial charge >= 0.3 is 5.97 Å². The molecule has 1 heterocycles. The Morgan fingerprint density at radius 1 is 0.657 bits per heavy atom. The number of hydrogen-bond donors (Lipinski definition) is 0. The Morgan fingerprint density at radius 2 is 1.09 bits per heavy atom. The van der Waals surface area contributed by atoms with Crippen LogP contribution in [0.5, 0.6) is 0 Å². The SMILES string of the molecule is CCN(CC)c1ccc(C2(c3ccc(N(CC)CC)cc3)OC(=O)c3cc(N(C)C)ccc32)cc1. The zero-order chi connectivity index (χ0) is 25.2. The predicted octanol–water partition coefficient (Wildman–Crippen LogP) is 5.91. The Balaban J connectivity index is 1.89. The number of ether oxygens (including phenoxy) is 1. The van der Waals surface area contributed by atoms with Gasteiger partial charge in [-0.3, -0.25) is 0 Å². The van der Waals surface area contributed by atoms with Gasteiger partial charge in [-0.05, 0) is 64.1 Å². The van der Waals surface area contributed by atoms with Gasteiger partial charge in [0.1, 0.15) is 0 Å². The number of rotatable bonds is 9. The Labute approximate surface area is 209 Å². The number of cyclic esters (lactones) is 1. The molecule has 1 aliphatic rings. The summed E-state index contributed by atoms with van der Waals surface area (Å²) in [6, 6.07) is 23.0. The summed E-state index contributed by atoms with van der Waals surface area (Å²) in [6.07, 6.45) is 0. The molecule has 35 heavy (non-hydrogen) atoms. The molecule has 0 unspecified atom stereocenters. The third kappa shape index (κ3) is 4.24. The van der Waals surface area contributed by atoms with E-state index in [1.165, 1.54) is 11.4 Å². The number of carbonyl (C=O) groups is 1. The average molecular weight is 472 g/mol. The molecule has 5 nitrogen and oxygen atoms in total. The lowest BCUT2D eigenvalue weighted by atomic mass is 9.79. The maximum atomic E-state index is 13.3. The number of fused-ring (bicyclic) bond motifs is 1. The fourth-order valence-corrected chi connectivity index (χ4v) is 5.12. The van der Waals surface area contributed by atoms with Gasteiger partial charge in [0, 0.05) is 74.0 Å². The lowest BCUT2D eigenvalue weighted by Crippen LogP contribution is -2.30. The second kappa shape index (κ2) is 10.0. The standard InChI is InChI=1S/C30H37N3O2/c1-7-32(8-2)24-15-11-22(12-16-24)30(23-13-17-25(18-14-23)33(9-3)10-4)28-20-19-26(31(5)6)21-27(28)29(34)35-30/h11-21H,7-10H2,1-6H3. The third-order valence-corrected chi connectivity index (χ3v) is 7.17. The summed E-state index contributed by atoms with van der Waals surface area (Å²) in [6.45, 7) is 12.4. The van der Waals surface area contributed by atoms with Crippen molar-refractivity contribution in [2.24, 2.45) is 0 Å². The first kappa shape index (κ1) is 24.6. The highest BCUT2D eigenvalue weighted by Crippen LogP contribution is 2.48. The Hall–Kier alpha value is -3.47. The van der Waals surface area contributed by atoms with Crippen molar-refractivity contribution < 1.29 is 9.53 Å². The Kier molecular flexibility index (Phi) is 7.06. The number of hydrogen-bond acceptors (Lipinski definition) is 5. The second-order valence-electron chi connectivity index (χ2n) is 9.13. The summed E-state index contributed by atoms with van der Waals surface area (Å²) in [5.41, 5.74) is 5.74. The number of carbonyl (C=O) groups excluding carboxylic acids is 1. The van der Waals surface area contributed by atoms with Crippen LogP contribution in [0.15, 0.2) is 66.7 Å². The highest BCUT2D eigenvalue weighted by molar-refractivity contribution is 5.97. The monoisotopic (exact) mass is 471 g/mol. The van der Waals surface area contributed by atoms with Crippen LogP contribution in [0.3, 0.4) is 0 Å². The van der Waals surface area contributed by atoms with Gasteiger partial charge in [0.15, 0.2) is 5.60 Å². The quantitative estimate of drug-likeness (QED) is 0.363. The van der Waals surface area contributed by atoms with E-state index in [9.17, 15) is 4.79 Å². The van der Waals surface area contributed by atoms with E-state index in [0.717, 1.165) is 48.6 Å². The molecular formula is C30H37N3O2. The topological polar surface area (TPSA) is 36.0 Å². The van der Waals surface area contributed by atoms with Crippen LogP contribution >= 0.6 is 0 Å². The Morgan fingerprint density at radius 3 is 1.49 bits per heavy atom. The van der Waals surface area contributed by atoms with E-state index in [4.69, 9.17) is 4.74 Å². The predicted molar refractivity (Wildman–Crippen MR) is 146 cm³/mol. The average Bonchev–Trinajstić information content (AvgIpc) is 3.19. The summed E-state index contributed by atoms with van der Waals surface area (Å²) in [5, 5.41) is 0. The van der Waals surface area contributed by atoms with E-state index < -0.39 is 5.60 Å². The minimum atomic E-state index is -0.985. The van der Waals surface area contributed by atoms with Crippen molar-refractivity contribution in [1.82, 2.24) is 0 Å². The lowest BCUT2D eigenvalue weighted by Gasteiger charge is -2.32. The molecule has 1 aliphatic heterocycles. The zero-order valence-corrected chi connectivity index (χ0v) is 21.8. The molecule has 0 radical (unpaired) electrons. The van der Waals surface area contributed by atoms with E-state index in [-0.39, 0.29) is 5.97 Å². The summed E-state index contributed by atoms with van der Waals surface area (Å²) in [5.74, 6) is -0.288. The molecular weight excluding hydrogens is 434 g/mol. The summed E-state index contributed by atoms with van der Waals surface area (Å²) in [4.78, 5) is 19.9. The normalized spacial score (nSPS) is 13.8. The molecule has 4 rings (SSSR count). The Bertz CT molecular complexity index is 1110. The summed E-state index contributed by atoms with van der Waals surface area (Å²) < 4.78 is 6.35. The number of benzene rings is 3. The van der Waals surface area contributed by atoms with Gasteiger partial charge in [-0.2, -0.15) is 0 Å². The van der Waals surface area contributed by atoms with Crippen LogP contribution in [-0.4, -0.2) is 46.2 Å². The van der Waals surface area contributed by atoms with Gasteiger partial charge in [0.05, 0.1) is 5.56 Å². The molecule has 0 aromatic heterocycles. The van der Waals surface area contributed by atoms with E-state index in [0.29, 0.717) is 5.56 Å². The van der Waals surface area contributed by atoms with Gasteiger partial charge in [-0.15, -0.1) is 0 Å². The van der Waals surface area contributed by atoms with Crippen LogP contribution < -0.4 is 14.7 Å². The van der Waals surface area contributed by atoms with Gasteiger partial charge in [0.25, 0.3) is 0 Å². The van der Waals surface area contributed by atoms with Gasteiger partial charge in [0.2, 0.25) is 0 Å². The van der Waals surface area contributed by atoms with Crippen LogP contribution in [0.4, 0.5) is 17.1 Å². The van der Waals surface area contributed by atoms with Crippen molar-refractivity contribution >= 4 is 23.0 Å². The second-order valence-corrected chi connectivity index (χ2v) is 9.13. The smallest absolute Gasteiger partial charge is 0.340 e. The first-order valence-corrected chi connectivity index (χ1v) is 12.7. The highest BCUT2D eigenvalue weighted by atomic mass is 16.6. The minimum absolute atomic E-state index is 0.288. The molecule has 3 aromatic carbocycles. The molecule has 0 N–H and O–H groups in total. The molecule has 0 aliphatic carbocycles. The van der Waals surface area contributed by atoms with Crippen molar-refractivity contribution in [1.29, 1.82) is 0 Å². The largest absolute Gasteiger partial charge is 0.441 e. The van der Waals surface area contributed by atoms with Crippen LogP contribution in [0.2, 0.25) is 0 Å². The number of anilines is 3. The molecule has 184 valence electrons. The van der Waals surface area contributed by atoms with E-state index in [2.05, 4.69) is 92.1 Å². The van der Waals surface area contributed by atoms with Gasteiger partial charge in [-0.25, -0.2) is 4.79 Å². The molecule has 5 heteroatoms. The van der Waals surface area contributed by atoms with Gasteiger partial charge in [-0.1, -0.05) is 30.3 Å².